The van der Waals surface area contributed by atoms with Gasteiger partial charge in [-0.25, -0.2) is 0 Å². The summed E-state index contributed by atoms with van der Waals surface area (Å²) in [6.07, 6.45) is 4.47. The third-order valence-corrected chi connectivity index (χ3v) is 4.99. The van der Waals surface area contributed by atoms with Crippen molar-refractivity contribution in [2.75, 3.05) is 12.4 Å². The molecule has 0 aromatic heterocycles. The molecule has 1 saturated carbocycles. The molecule has 0 heterocycles. The van der Waals surface area contributed by atoms with Crippen molar-refractivity contribution in [3.8, 4) is 0 Å². The minimum atomic E-state index is 0.227. The van der Waals surface area contributed by atoms with Crippen LogP contribution in [0.4, 0.5) is 0 Å². The predicted octanol–water partition coefficient (Wildman–Crippen LogP) is 4.65. The summed E-state index contributed by atoms with van der Waals surface area (Å²) in [6.45, 7) is 13.2. The van der Waals surface area contributed by atoms with Crippen LogP contribution in [0.1, 0.15) is 59.8 Å². The number of ketones is 1. The molecule has 1 fully saturated rings. The van der Waals surface area contributed by atoms with E-state index in [1.54, 1.807) is 0 Å². The van der Waals surface area contributed by atoms with Gasteiger partial charge < -0.3 is 0 Å². The van der Waals surface area contributed by atoms with Gasteiger partial charge in [-0.3, -0.25) is 15.1 Å². The zero-order valence-electron chi connectivity index (χ0n) is 14.5. The molecule has 1 rings (SSSR count). The van der Waals surface area contributed by atoms with Crippen LogP contribution in [0.5, 0.6) is 0 Å². The molecule has 0 bridgehead atoms. The Bertz CT molecular complexity index is 397. The quantitative estimate of drug-likeness (QED) is 0.495. The summed E-state index contributed by atoms with van der Waals surface area (Å²) in [4.78, 5) is 17.9. The standard InChI is InChI=1S/C18H31NO2S/c1-6-9-16(19-21-7-2)18-13(4)10-15(12-17(18)20)11-14(5)22-8-3/h14-15,19H,4,6-12H2,1-3,5H3/b18-16-. The topological polar surface area (TPSA) is 38.3 Å². The van der Waals surface area contributed by atoms with Gasteiger partial charge in [0.1, 0.15) is 0 Å². The largest absolute Gasteiger partial charge is 0.294 e. The second kappa shape index (κ2) is 10.1. The zero-order chi connectivity index (χ0) is 16.5. The normalized spacial score (nSPS) is 22.6. The minimum absolute atomic E-state index is 0.227. The van der Waals surface area contributed by atoms with Crippen molar-refractivity contribution in [1.29, 1.82) is 0 Å². The average Bonchev–Trinajstić information content (AvgIpc) is 2.44. The third kappa shape index (κ3) is 5.81. The maximum absolute atomic E-state index is 12.6. The van der Waals surface area contributed by atoms with Gasteiger partial charge in [0.05, 0.1) is 6.61 Å². The van der Waals surface area contributed by atoms with E-state index in [0.29, 0.717) is 24.2 Å². The molecular formula is C18H31NO2S. The van der Waals surface area contributed by atoms with Gasteiger partial charge >= 0.3 is 0 Å². The molecule has 22 heavy (non-hydrogen) atoms. The number of carbonyl (C=O) groups is 1. The summed E-state index contributed by atoms with van der Waals surface area (Å²) in [7, 11) is 0. The number of Topliss-reactive ketones (excluding diaryl/α,β-unsaturated/α-hetero) is 1. The van der Waals surface area contributed by atoms with E-state index in [9.17, 15) is 4.79 Å². The molecule has 2 unspecified atom stereocenters. The third-order valence-electron chi connectivity index (χ3n) is 3.90. The second-order valence-electron chi connectivity index (χ2n) is 5.94. The molecule has 4 heteroatoms. The van der Waals surface area contributed by atoms with E-state index in [-0.39, 0.29) is 5.78 Å². The Hall–Kier alpha value is -0.740. The molecule has 1 aliphatic carbocycles. The molecule has 0 amide bonds. The van der Waals surface area contributed by atoms with Gasteiger partial charge in [0.25, 0.3) is 0 Å². The van der Waals surface area contributed by atoms with Crippen LogP contribution in [0.3, 0.4) is 0 Å². The van der Waals surface area contributed by atoms with E-state index in [4.69, 9.17) is 4.84 Å². The maximum atomic E-state index is 12.6. The monoisotopic (exact) mass is 325 g/mol. The first kappa shape index (κ1) is 19.3. The lowest BCUT2D eigenvalue weighted by molar-refractivity contribution is -0.117. The van der Waals surface area contributed by atoms with Gasteiger partial charge in [-0.05, 0) is 43.4 Å². The van der Waals surface area contributed by atoms with Gasteiger partial charge in [-0.2, -0.15) is 11.8 Å². The molecule has 0 aromatic carbocycles. The SMILES string of the molecule is C=C1CC(CC(C)SCC)CC(=O)/C1=C(/CCC)NOCC. The molecule has 0 aromatic rings. The van der Waals surface area contributed by atoms with E-state index < -0.39 is 0 Å². The maximum Gasteiger partial charge on any atom is 0.165 e. The van der Waals surface area contributed by atoms with Crippen molar-refractivity contribution in [2.45, 2.75) is 65.0 Å². The summed E-state index contributed by atoms with van der Waals surface area (Å²) in [5.74, 6) is 1.80. The van der Waals surface area contributed by atoms with Gasteiger partial charge in [-0.1, -0.05) is 33.8 Å². The number of allylic oxidation sites excluding steroid dienone is 3. The highest BCUT2D eigenvalue weighted by atomic mass is 32.2. The first-order chi connectivity index (χ1) is 10.5. The highest BCUT2D eigenvalue weighted by Crippen LogP contribution is 2.35. The van der Waals surface area contributed by atoms with E-state index >= 15 is 0 Å². The van der Waals surface area contributed by atoms with Crippen LogP contribution in [-0.4, -0.2) is 23.4 Å². The summed E-state index contributed by atoms with van der Waals surface area (Å²) < 4.78 is 0. The summed E-state index contributed by atoms with van der Waals surface area (Å²) in [6, 6.07) is 0. The van der Waals surface area contributed by atoms with E-state index in [2.05, 4.69) is 32.8 Å². The van der Waals surface area contributed by atoms with Gasteiger partial charge in [-0.15, -0.1) is 0 Å². The number of thioether (sulfide) groups is 1. The highest BCUT2D eigenvalue weighted by Gasteiger charge is 2.29. The Morgan fingerprint density at radius 1 is 1.41 bits per heavy atom. The predicted molar refractivity (Wildman–Crippen MR) is 95.8 cm³/mol. The Morgan fingerprint density at radius 3 is 2.68 bits per heavy atom. The van der Waals surface area contributed by atoms with Crippen molar-refractivity contribution in [3.05, 3.63) is 23.4 Å². The fraction of sp³-hybridized carbons (Fsp3) is 0.722. The molecular weight excluding hydrogens is 294 g/mol. The molecule has 0 spiro atoms. The van der Waals surface area contributed by atoms with Gasteiger partial charge in [0.2, 0.25) is 0 Å². The number of rotatable bonds is 9. The van der Waals surface area contributed by atoms with Gasteiger partial charge in [0, 0.05) is 22.9 Å². The van der Waals surface area contributed by atoms with Crippen LogP contribution in [-0.2, 0) is 9.63 Å². The lowest BCUT2D eigenvalue weighted by atomic mass is 9.78. The van der Waals surface area contributed by atoms with Gasteiger partial charge in [0.15, 0.2) is 5.78 Å². The number of carbonyl (C=O) groups excluding carboxylic acids is 1. The summed E-state index contributed by atoms with van der Waals surface area (Å²) >= 11 is 1.97. The van der Waals surface area contributed by atoms with Crippen molar-refractivity contribution in [3.63, 3.8) is 0 Å². The fourth-order valence-electron chi connectivity index (χ4n) is 3.09. The number of hydroxylamine groups is 1. The number of hydrogen-bond donors (Lipinski definition) is 1. The molecule has 126 valence electrons. The van der Waals surface area contributed by atoms with Crippen LogP contribution in [0, 0.1) is 5.92 Å². The summed E-state index contributed by atoms with van der Waals surface area (Å²) in [5.41, 5.74) is 5.65. The van der Waals surface area contributed by atoms with Crippen LogP contribution >= 0.6 is 11.8 Å². The molecule has 3 nitrogen and oxygen atoms in total. The average molecular weight is 326 g/mol. The Morgan fingerprint density at radius 2 is 2.14 bits per heavy atom. The summed E-state index contributed by atoms with van der Waals surface area (Å²) in [5, 5.41) is 0.609. The second-order valence-corrected chi connectivity index (χ2v) is 7.66. The van der Waals surface area contributed by atoms with E-state index in [0.717, 1.165) is 48.3 Å². The van der Waals surface area contributed by atoms with Crippen molar-refractivity contribution in [1.82, 2.24) is 5.48 Å². The molecule has 0 radical (unpaired) electrons. The highest BCUT2D eigenvalue weighted by molar-refractivity contribution is 7.99. The lowest BCUT2D eigenvalue weighted by Gasteiger charge is -2.28. The van der Waals surface area contributed by atoms with E-state index in [1.165, 1.54) is 0 Å². The molecule has 1 aliphatic rings. The van der Waals surface area contributed by atoms with Crippen molar-refractivity contribution >= 4 is 17.5 Å². The minimum Gasteiger partial charge on any atom is -0.294 e. The van der Waals surface area contributed by atoms with Crippen LogP contribution in [0.25, 0.3) is 0 Å². The van der Waals surface area contributed by atoms with Crippen LogP contribution < -0.4 is 5.48 Å². The number of hydrogen-bond acceptors (Lipinski definition) is 4. The van der Waals surface area contributed by atoms with Crippen LogP contribution in [0.15, 0.2) is 23.4 Å². The Kier molecular flexibility index (Phi) is 8.88. The lowest BCUT2D eigenvalue weighted by Crippen LogP contribution is -2.26. The smallest absolute Gasteiger partial charge is 0.165 e. The first-order valence-corrected chi connectivity index (χ1v) is 9.52. The number of nitrogens with one attached hydrogen (secondary N) is 1. The zero-order valence-corrected chi connectivity index (χ0v) is 15.4. The van der Waals surface area contributed by atoms with E-state index in [1.807, 2.05) is 18.7 Å². The Balaban J connectivity index is 2.80. The molecule has 0 aliphatic heterocycles. The van der Waals surface area contributed by atoms with Crippen molar-refractivity contribution < 1.29 is 9.63 Å². The first-order valence-electron chi connectivity index (χ1n) is 8.47. The molecule has 0 saturated heterocycles. The van der Waals surface area contributed by atoms with Crippen LogP contribution in [0.2, 0.25) is 0 Å². The van der Waals surface area contributed by atoms with Crippen molar-refractivity contribution in [2.24, 2.45) is 5.92 Å². The fourth-order valence-corrected chi connectivity index (χ4v) is 4.07. The molecule has 1 N–H and O–H groups in total. The Labute approximate surface area is 139 Å². The molecule has 2 atom stereocenters.